The third-order valence-electron chi connectivity index (χ3n) is 3.22. The maximum Gasteiger partial charge on any atom is 0.358 e. The fourth-order valence-corrected chi connectivity index (χ4v) is 2.09. The molecule has 0 unspecified atom stereocenters. The number of esters is 1. The summed E-state index contributed by atoms with van der Waals surface area (Å²) in [5.41, 5.74) is 0.467. The summed E-state index contributed by atoms with van der Waals surface area (Å²) in [6, 6.07) is 6.74. The summed E-state index contributed by atoms with van der Waals surface area (Å²) in [6.45, 7) is 1.84. The lowest BCUT2D eigenvalue weighted by atomic mass is 10.2. The average molecular weight is 318 g/mol. The van der Waals surface area contributed by atoms with Gasteiger partial charge in [-0.1, -0.05) is 0 Å². The van der Waals surface area contributed by atoms with E-state index in [9.17, 15) is 14.7 Å². The molecule has 2 N–H and O–H groups in total. The van der Waals surface area contributed by atoms with E-state index in [0.717, 1.165) is 0 Å². The standard InChI is InChI=1S/C16H18N2O5/c1-4-23-16(21)13-14(19)12(9-18(13)2)15(20)17-10-5-7-11(22-3)8-6-10/h5-9,19H,4H2,1-3H3,(H,17,20). The zero-order chi connectivity index (χ0) is 17.0. The van der Waals surface area contributed by atoms with E-state index in [1.54, 1.807) is 45.3 Å². The number of rotatable bonds is 5. The Hall–Kier alpha value is -2.96. The van der Waals surface area contributed by atoms with Crippen molar-refractivity contribution in [3.63, 3.8) is 0 Å². The number of amides is 1. The van der Waals surface area contributed by atoms with Crippen molar-refractivity contribution in [3.8, 4) is 11.5 Å². The van der Waals surface area contributed by atoms with Crippen LogP contribution in [0.2, 0.25) is 0 Å². The molecule has 2 aromatic rings. The van der Waals surface area contributed by atoms with E-state index >= 15 is 0 Å². The second kappa shape index (κ2) is 6.87. The molecule has 7 heteroatoms. The van der Waals surface area contributed by atoms with Gasteiger partial charge in [0.2, 0.25) is 0 Å². The number of carbonyl (C=O) groups is 2. The number of aromatic hydroxyl groups is 1. The Labute approximate surface area is 133 Å². The number of benzene rings is 1. The van der Waals surface area contributed by atoms with Crippen LogP contribution in [0.1, 0.15) is 27.8 Å². The smallest absolute Gasteiger partial charge is 0.358 e. The molecule has 0 aliphatic heterocycles. The summed E-state index contributed by atoms with van der Waals surface area (Å²) in [5, 5.41) is 12.8. The van der Waals surface area contributed by atoms with E-state index < -0.39 is 17.6 Å². The van der Waals surface area contributed by atoms with Gasteiger partial charge in [-0.15, -0.1) is 0 Å². The van der Waals surface area contributed by atoms with Gasteiger partial charge in [0.05, 0.1) is 13.7 Å². The number of methoxy groups -OCH3 is 1. The summed E-state index contributed by atoms with van der Waals surface area (Å²) < 4.78 is 11.3. The van der Waals surface area contributed by atoms with Crippen molar-refractivity contribution in [2.45, 2.75) is 6.92 Å². The average Bonchev–Trinajstić information content (AvgIpc) is 2.83. The molecule has 1 heterocycles. The fraction of sp³-hybridized carbons (Fsp3) is 0.250. The largest absolute Gasteiger partial charge is 0.505 e. The number of aromatic nitrogens is 1. The maximum atomic E-state index is 12.3. The number of anilines is 1. The van der Waals surface area contributed by atoms with Gasteiger partial charge in [0, 0.05) is 18.9 Å². The van der Waals surface area contributed by atoms with Crippen molar-refractivity contribution in [1.82, 2.24) is 4.57 Å². The fourth-order valence-electron chi connectivity index (χ4n) is 2.09. The first-order chi connectivity index (χ1) is 11.0. The Morgan fingerprint density at radius 1 is 1.26 bits per heavy atom. The minimum Gasteiger partial charge on any atom is -0.505 e. The predicted octanol–water partition coefficient (Wildman–Crippen LogP) is 2.17. The Bertz CT molecular complexity index is 719. The summed E-state index contributed by atoms with van der Waals surface area (Å²) in [4.78, 5) is 24.1. The molecule has 122 valence electrons. The highest BCUT2D eigenvalue weighted by molar-refractivity contribution is 6.08. The second-order valence-electron chi connectivity index (χ2n) is 4.75. The molecule has 0 saturated heterocycles. The lowest BCUT2D eigenvalue weighted by Crippen LogP contribution is -2.11. The molecular formula is C16H18N2O5. The summed E-state index contributed by atoms with van der Waals surface area (Å²) in [7, 11) is 3.10. The number of aryl methyl sites for hydroxylation is 1. The summed E-state index contributed by atoms with van der Waals surface area (Å²) >= 11 is 0. The van der Waals surface area contributed by atoms with Crippen molar-refractivity contribution in [2.75, 3.05) is 19.0 Å². The highest BCUT2D eigenvalue weighted by atomic mass is 16.5. The number of nitrogens with zero attached hydrogens (tertiary/aromatic N) is 1. The van der Waals surface area contributed by atoms with E-state index in [1.807, 2.05) is 0 Å². The van der Waals surface area contributed by atoms with Gasteiger partial charge in [0.15, 0.2) is 11.4 Å². The topological polar surface area (TPSA) is 89.8 Å². The van der Waals surface area contributed by atoms with Crippen molar-refractivity contribution in [3.05, 3.63) is 41.7 Å². The number of hydrogen-bond donors (Lipinski definition) is 2. The van der Waals surface area contributed by atoms with Crippen molar-refractivity contribution in [1.29, 1.82) is 0 Å². The van der Waals surface area contributed by atoms with Crippen LogP contribution in [0.3, 0.4) is 0 Å². The molecule has 7 nitrogen and oxygen atoms in total. The van der Waals surface area contributed by atoms with E-state index in [2.05, 4.69) is 5.32 Å². The lowest BCUT2D eigenvalue weighted by Gasteiger charge is -2.06. The quantitative estimate of drug-likeness (QED) is 0.825. The lowest BCUT2D eigenvalue weighted by molar-refractivity contribution is 0.0512. The van der Waals surface area contributed by atoms with Crippen LogP contribution in [0.5, 0.6) is 11.5 Å². The highest BCUT2D eigenvalue weighted by Crippen LogP contribution is 2.26. The number of hydrogen-bond acceptors (Lipinski definition) is 5. The van der Waals surface area contributed by atoms with Crippen molar-refractivity contribution >= 4 is 17.6 Å². The van der Waals surface area contributed by atoms with Crippen LogP contribution >= 0.6 is 0 Å². The third-order valence-corrected chi connectivity index (χ3v) is 3.22. The Morgan fingerprint density at radius 2 is 1.91 bits per heavy atom. The van der Waals surface area contributed by atoms with Crippen molar-refractivity contribution in [2.24, 2.45) is 7.05 Å². The summed E-state index contributed by atoms with van der Waals surface area (Å²) in [5.74, 6) is -0.957. The van der Waals surface area contributed by atoms with Crippen LogP contribution in [0.15, 0.2) is 30.5 Å². The van der Waals surface area contributed by atoms with E-state index in [4.69, 9.17) is 9.47 Å². The van der Waals surface area contributed by atoms with Gasteiger partial charge in [-0.25, -0.2) is 4.79 Å². The maximum absolute atomic E-state index is 12.3. The highest BCUT2D eigenvalue weighted by Gasteiger charge is 2.24. The second-order valence-corrected chi connectivity index (χ2v) is 4.75. The molecule has 1 amide bonds. The first kappa shape index (κ1) is 16.4. The van der Waals surface area contributed by atoms with Crippen LogP contribution in [0.4, 0.5) is 5.69 Å². The molecule has 0 aliphatic rings. The first-order valence-corrected chi connectivity index (χ1v) is 6.98. The molecule has 0 fully saturated rings. The molecule has 0 radical (unpaired) electrons. The van der Waals surface area contributed by atoms with Crippen LogP contribution in [-0.4, -0.2) is 35.3 Å². The van der Waals surface area contributed by atoms with Gasteiger partial charge in [-0.3, -0.25) is 4.79 Å². The van der Waals surface area contributed by atoms with Gasteiger partial charge in [0.1, 0.15) is 11.3 Å². The SMILES string of the molecule is CCOC(=O)c1c(O)c(C(=O)Nc2ccc(OC)cc2)cn1C. The third kappa shape index (κ3) is 3.45. The molecule has 1 aromatic heterocycles. The van der Waals surface area contributed by atoms with Crippen LogP contribution in [0.25, 0.3) is 0 Å². The zero-order valence-corrected chi connectivity index (χ0v) is 13.1. The van der Waals surface area contributed by atoms with Crippen LogP contribution in [-0.2, 0) is 11.8 Å². The van der Waals surface area contributed by atoms with E-state index in [1.165, 1.54) is 10.8 Å². The Morgan fingerprint density at radius 3 is 2.48 bits per heavy atom. The Balaban J connectivity index is 2.22. The molecular weight excluding hydrogens is 300 g/mol. The zero-order valence-electron chi connectivity index (χ0n) is 13.1. The van der Waals surface area contributed by atoms with Gasteiger partial charge in [-0.05, 0) is 31.2 Å². The first-order valence-electron chi connectivity index (χ1n) is 6.98. The molecule has 0 aliphatic carbocycles. The molecule has 0 spiro atoms. The molecule has 2 rings (SSSR count). The van der Waals surface area contributed by atoms with Crippen molar-refractivity contribution < 1.29 is 24.2 Å². The minimum atomic E-state index is -0.684. The number of ether oxygens (including phenoxy) is 2. The van der Waals surface area contributed by atoms with Gasteiger partial charge in [-0.2, -0.15) is 0 Å². The normalized spacial score (nSPS) is 10.2. The number of nitrogens with one attached hydrogen (secondary N) is 1. The van der Waals surface area contributed by atoms with Crippen LogP contribution < -0.4 is 10.1 Å². The van der Waals surface area contributed by atoms with Gasteiger partial charge in [0.25, 0.3) is 5.91 Å². The van der Waals surface area contributed by atoms with Gasteiger partial charge < -0.3 is 24.5 Å². The van der Waals surface area contributed by atoms with Crippen LogP contribution in [0, 0.1) is 0 Å². The molecule has 0 atom stereocenters. The molecule has 0 bridgehead atoms. The Kier molecular flexibility index (Phi) is 4.90. The van der Waals surface area contributed by atoms with E-state index in [0.29, 0.717) is 11.4 Å². The minimum absolute atomic E-state index is 0.00799. The summed E-state index contributed by atoms with van der Waals surface area (Å²) in [6.07, 6.45) is 1.38. The monoisotopic (exact) mass is 318 g/mol. The molecule has 1 aromatic carbocycles. The van der Waals surface area contributed by atoms with E-state index in [-0.39, 0.29) is 17.9 Å². The number of carbonyl (C=O) groups excluding carboxylic acids is 2. The molecule has 23 heavy (non-hydrogen) atoms. The van der Waals surface area contributed by atoms with Gasteiger partial charge >= 0.3 is 5.97 Å². The predicted molar refractivity (Wildman–Crippen MR) is 84.0 cm³/mol. The molecule has 0 saturated carbocycles.